The van der Waals surface area contributed by atoms with Gasteiger partial charge < -0.3 is 24.3 Å². The molecule has 35 heavy (non-hydrogen) atoms. The van der Waals surface area contributed by atoms with E-state index in [1.807, 2.05) is 9.80 Å². The van der Waals surface area contributed by atoms with Gasteiger partial charge in [-0.05, 0) is 12.1 Å². The van der Waals surface area contributed by atoms with E-state index in [-0.39, 0.29) is 12.0 Å². The molecule has 3 aromatic rings. The van der Waals surface area contributed by atoms with Crippen LogP contribution in [0, 0.1) is 0 Å². The Morgan fingerprint density at radius 1 is 0.886 bits per heavy atom. The molecule has 0 aliphatic carbocycles. The molecule has 4 heterocycles. The fourth-order valence-electron chi connectivity index (χ4n) is 4.27. The fourth-order valence-corrected chi connectivity index (χ4v) is 4.27. The summed E-state index contributed by atoms with van der Waals surface area (Å²) in [5.41, 5.74) is 0.933. The number of ether oxygens (including phenoxy) is 1. The predicted octanol–water partition coefficient (Wildman–Crippen LogP) is 1.79. The summed E-state index contributed by atoms with van der Waals surface area (Å²) in [6, 6.07) is 6.87. The van der Waals surface area contributed by atoms with Crippen LogP contribution in [0.1, 0.15) is 12.2 Å². The molecule has 0 unspecified atom stereocenters. The summed E-state index contributed by atoms with van der Waals surface area (Å²) in [7, 11) is 3.44. The van der Waals surface area contributed by atoms with Gasteiger partial charge in [-0.15, -0.1) is 0 Å². The Morgan fingerprint density at radius 2 is 1.49 bits per heavy atom. The molecule has 0 bridgehead atoms. The number of benzene rings is 1. The highest BCUT2D eigenvalue weighted by atomic mass is 19.3. The molecule has 11 nitrogen and oxygen atoms in total. The maximum absolute atomic E-state index is 14.0. The average Bonchev–Trinajstić information content (AvgIpc) is 3.29. The molecule has 0 spiro atoms. The van der Waals surface area contributed by atoms with Crippen LogP contribution in [0.15, 0.2) is 24.3 Å². The van der Waals surface area contributed by atoms with Crippen molar-refractivity contribution >= 4 is 29.0 Å². The van der Waals surface area contributed by atoms with Crippen LogP contribution in [0.5, 0.6) is 0 Å². The molecule has 2 fully saturated rings. The molecule has 1 aromatic carbocycles. The number of piperazine rings is 1. The Kier molecular flexibility index (Phi) is 6.32. The van der Waals surface area contributed by atoms with Crippen LogP contribution < -0.4 is 9.80 Å². The fraction of sp³-hybridized carbons (Fsp3) is 0.500. The van der Waals surface area contributed by atoms with Gasteiger partial charge in [0.25, 0.3) is 6.43 Å². The predicted molar refractivity (Wildman–Crippen MR) is 125 cm³/mol. The molecule has 0 radical (unpaired) electrons. The molecular formula is C22H27F2N9O2. The Bertz CT molecular complexity index is 1200. The molecule has 2 aromatic heterocycles. The van der Waals surface area contributed by atoms with Gasteiger partial charge in [-0.1, -0.05) is 12.1 Å². The molecule has 0 N–H and O–H groups in total. The number of para-hydroxylation sites is 2. The summed E-state index contributed by atoms with van der Waals surface area (Å²) in [6.07, 6.45) is -2.81. The highest BCUT2D eigenvalue weighted by Crippen LogP contribution is 2.28. The maximum Gasteiger partial charge on any atom is 0.319 e. The van der Waals surface area contributed by atoms with E-state index < -0.39 is 12.2 Å². The van der Waals surface area contributed by atoms with E-state index in [1.165, 1.54) is 4.57 Å². The number of nitrogens with zero attached hydrogens (tertiary/aromatic N) is 9. The number of anilines is 2. The molecule has 5 rings (SSSR count). The Labute approximate surface area is 200 Å². The normalized spacial score (nSPS) is 16.9. The molecule has 186 valence electrons. The van der Waals surface area contributed by atoms with Gasteiger partial charge >= 0.3 is 6.03 Å². The van der Waals surface area contributed by atoms with Gasteiger partial charge in [0.2, 0.25) is 17.8 Å². The molecule has 0 atom stereocenters. The van der Waals surface area contributed by atoms with Crippen molar-refractivity contribution in [3.63, 3.8) is 0 Å². The number of imidazole rings is 1. The number of hydrogen-bond acceptors (Lipinski definition) is 8. The van der Waals surface area contributed by atoms with Crippen molar-refractivity contribution in [3.8, 4) is 5.95 Å². The topological polar surface area (TPSA) is 95.8 Å². The Hall–Kier alpha value is -3.61. The van der Waals surface area contributed by atoms with Gasteiger partial charge in [0.1, 0.15) is 0 Å². The van der Waals surface area contributed by atoms with Crippen molar-refractivity contribution in [1.82, 2.24) is 34.3 Å². The summed E-state index contributed by atoms with van der Waals surface area (Å²) < 4.78 is 34.8. The lowest BCUT2D eigenvalue weighted by molar-refractivity contribution is 0.122. The van der Waals surface area contributed by atoms with Crippen LogP contribution in [0.3, 0.4) is 0 Å². The zero-order chi connectivity index (χ0) is 24.5. The number of amides is 2. The number of carbonyl (C=O) groups is 1. The highest BCUT2D eigenvalue weighted by Gasteiger charge is 2.28. The van der Waals surface area contributed by atoms with E-state index in [0.717, 1.165) is 0 Å². The second-order valence-electron chi connectivity index (χ2n) is 8.58. The number of hydrogen-bond donors (Lipinski definition) is 0. The van der Waals surface area contributed by atoms with Crippen molar-refractivity contribution in [2.45, 2.75) is 6.43 Å². The van der Waals surface area contributed by atoms with E-state index in [4.69, 9.17) is 4.74 Å². The van der Waals surface area contributed by atoms with E-state index in [9.17, 15) is 13.6 Å². The number of morpholine rings is 1. The second-order valence-corrected chi connectivity index (χ2v) is 8.58. The summed E-state index contributed by atoms with van der Waals surface area (Å²) in [6.45, 7) is 4.25. The summed E-state index contributed by atoms with van der Waals surface area (Å²) in [5.74, 6) is 0.453. The van der Waals surface area contributed by atoms with Crippen LogP contribution in [0.2, 0.25) is 0 Å². The van der Waals surface area contributed by atoms with Gasteiger partial charge in [-0.3, -0.25) is 4.57 Å². The highest BCUT2D eigenvalue weighted by molar-refractivity contribution is 5.78. The lowest BCUT2D eigenvalue weighted by Crippen LogP contribution is -2.52. The number of alkyl halides is 2. The van der Waals surface area contributed by atoms with E-state index in [0.29, 0.717) is 75.4 Å². The molecule has 0 saturated carbocycles. The number of rotatable bonds is 4. The van der Waals surface area contributed by atoms with Crippen LogP contribution in [0.25, 0.3) is 17.0 Å². The summed E-state index contributed by atoms with van der Waals surface area (Å²) in [4.78, 5) is 37.6. The number of aromatic nitrogens is 5. The van der Waals surface area contributed by atoms with Crippen LogP contribution in [0.4, 0.5) is 25.5 Å². The first-order chi connectivity index (χ1) is 16.9. The quantitative estimate of drug-likeness (QED) is 0.550. The SMILES string of the molecule is CN(C)C(=O)N1CCN(c2nc(N3CCOCC3)nc(-n3c(C(F)F)nc4ccccc43)n2)CC1. The standard InChI is InChI=1S/C22H27F2N9O2/c1-29(2)22(34)32-9-7-30(8-10-32)19-26-20(31-11-13-35-14-12-31)28-21(27-19)33-16-6-4-3-5-15(16)25-18(33)17(23)24/h3-6,17H,7-14H2,1-2H3. The zero-order valence-corrected chi connectivity index (χ0v) is 19.6. The first-order valence-corrected chi connectivity index (χ1v) is 11.5. The molecule has 2 aliphatic heterocycles. The van der Waals surface area contributed by atoms with Crippen LogP contribution >= 0.6 is 0 Å². The number of carbonyl (C=O) groups excluding carboxylic acids is 1. The number of halogens is 2. The smallest absolute Gasteiger partial charge is 0.319 e. The van der Waals surface area contributed by atoms with Crippen molar-refractivity contribution in [1.29, 1.82) is 0 Å². The first-order valence-electron chi connectivity index (χ1n) is 11.5. The molecule has 2 amide bonds. The third-order valence-corrected chi connectivity index (χ3v) is 6.09. The lowest BCUT2D eigenvalue weighted by Gasteiger charge is -2.36. The van der Waals surface area contributed by atoms with Crippen LogP contribution in [-0.4, -0.2) is 107 Å². The number of fused-ring (bicyclic) bond motifs is 1. The van der Waals surface area contributed by atoms with Crippen molar-refractivity contribution in [2.75, 3.05) is 76.4 Å². The summed E-state index contributed by atoms with van der Waals surface area (Å²) in [5, 5.41) is 0. The third kappa shape index (κ3) is 4.55. The van der Waals surface area contributed by atoms with Gasteiger partial charge in [0, 0.05) is 53.4 Å². The molecule has 13 heteroatoms. The Balaban J connectivity index is 1.56. The summed E-state index contributed by atoms with van der Waals surface area (Å²) >= 11 is 0. The van der Waals surface area contributed by atoms with E-state index >= 15 is 0 Å². The van der Waals surface area contributed by atoms with E-state index in [2.05, 4.69) is 19.9 Å². The molecule has 2 saturated heterocycles. The zero-order valence-electron chi connectivity index (χ0n) is 19.6. The first kappa shape index (κ1) is 23.1. The largest absolute Gasteiger partial charge is 0.378 e. The maximum atomic E-state index is 14.0. The average molecular weight is 488 g/mol. The van der Waals surface area contributed by atoms with Crippen molar-refractivity contribution in [2.24, 2.45) is 0 Å². The minimum absolute atomic E-state index is 0.0542. The third-order valence-electron chi connectivity index (χ3n) is 6.09. The minimum atomic E-state index is -2.81. The monoisotopic (exact) mass is 487 g/mol. The molecule has 2 aliphatic rings. The van der Waals surface area contributed by atoms with E-state index in [1.54, 1.807) is 48.2 Å². The Morgan fingerprint density at radius 3 is 2.11 bits per heavy atom. The second kappa shape index (κ2) is 9.56. The molecular weight excluding hydrogens is 460 g/mol. The van der Waals surface area contributed by atoms with Crippen molar-refractivity contribution < 1.29 is 18.3 Å². The van der Waals surface area contributed by atoms with Gasteiger partial charge in [-0.2, -0.15) is 15.0 Å². The number of urea groups is 1. The minimum Gasteiger partial charge on any atom is -0.378 e. The van der Waals surface area contributed by atoms with Crippen LogP contribution in [-0.2, 0) is 4.74 Å². The van der Waals surface area contributed by atoms with Gasteiger partial charge in [-0.25, -0.2) is 18.6 Å². The lowest BCUT2D eigenvalue weighted by atomic mass is 10.3. The van der Waals surface area contributed by atoms with Gasteiger partial charge in [0.05, 0.1) is 24.2 Å². The van der Waals surface area contributed by atoms with Gasteiger partial charge in [0.15, 0.2) is 5.82 Å². The van der Waals surface area contributed by atoms with Crippen molar-refractivity contribution in [3.05, 3.63) is 30.1 Å².